The van der Waals surface area contributed by atoms with Crippen molar-refractivity contribution >= 4 is 15.8 Å². The monoisotopic (exact) mass is 366 g/mol. The molecule has 6 nitrogen and oxygen atoms in total. The highest BCUT2D eigenvalue weighted by molar-refractivity contribution is 7.91. The van der Waals surface area contributed by atoms with Gasteiger partial charge in [0.15, 0.2) is 15.8 Å². The smallest absolute Gasteiger partial charge is 0.191 e. The van der Waals surface area contributed by atoms with Gasteiger partial charge in [-0.25, -0.2) is 8.42 Å². The third kappa shape index (κ3) is 5.34. The quantitative estimate of drug-likeness (QED) is 0.586. The first kappa shape index (κ1) is 18.5. The van der Waals surface area contributed by atoms with Crippen molar-refractivity contribution in [3.8, 4) is 6.07 Å². The van der Waals surface area contributed by atoms with Gasteiger partial charge in [-0.05, 0) is 44.4 Å². The zero-order valence-electron chi connectivity index (χ0n) is 14.9. The first-order valence-electron chi connectivity index (χ1n) is 9.73. The van der Waals surface area contributed by atoms with Crippen LogP contribution in [0.4, 0.5) is 0 Å². The first-order valence-corrected chi connectivity index (χ1v) is 11.6. The number of nitriles is 1. The highest BCUT2D eigenvalue weighted by atomic mass is 32.2. The number of nitrogens with zero attached hydrogens (tertiary/aromatic N) is 2. The summed E-state index contributed by atoms with van der Waals surface area (Å²) < 4.78 is 23.3. The minimum atomic E-state index is -2.86. The summed E-state index contributed by atoms with van der Waals surface area (Å²) in [5, 5.41) is 16.3. The van der Waals surface area contributed by atoms with Crippen molar-refractivity contribution in [3.63, 3.8) is 0 Å². The molecule has 1 aliphatic heterocycles. The third-order valence-electron chi connectivity index (χ3n) is 5.78. The molecule has 3 atom stereocenters. The molecule has 0 radical (unpaired) electrons. The molecule has 2 saturated carbocycles. The highest BCUT2D eigenvalue weighted by Gasteiger charge is 2.30. The molecule has 0 aromatic rings. The molecule has 0 aromatic heterocycles. The number of hydrogen-bond acceptors (Lipinski definition) is 4. The summed E-state index contributed by atoms with van der Waals surface area (Å²) in [5.74, 6) is 1.52. The van der Waals surface area contributed by atoms with E-state index in [9.17, 15) is 13.7 Å². The van der Waals surface area contributed by atoms with E-state index in [0.717, 1.165) is 38.1 Å². The second-order valence-corrected chi connectivity index (χ2v) is 10.1. The van der Waals surface area contributed by atoms with Crippen LogP contribution in [0.25, 0.3) is 0 Å². The molecule has 2 N–H and O–H groups in total. The zero-order valence-corrected chi connectivity index (χ0v) is 15.7. The number of guanidine groups is 1. The average molecular weight is 367 g/mol. The summed E-state index contributed by atoms with van der Waals surface area (Å²) in [6.07, 6.45) is 9.85. The molecular formula is C18H30N4O2S. The molecule has 7 heteroatoms. The number of hydrogen-bond donors (Lipinski definition) is 2. The Morgan fingerprint density at radius 3 is 2.52 bits per heavy atom. The maximum Gasteiger partial charge on any atom is 0.191 e. The predicted molar refractivity (Wildman–Crippen MR) is 98.9 cm³/mol. The van der Waals surface area contributed by atoms with Gasteiger partial charge in [0.25, 0.3) is 0 Å². The fraction of sp³-hybridized carbons (Fsp3) is 0.889. The summed E-state index contributed by atoms with van der Waals surface area (Å²) >= 11 is 0. The Bertz CT molecular complexity index is 619. The Balaban J connectivity index is 1.62. The van der Waals surface area contributed by atoms with Gasteiger partial charge in [-0.3, -0.25) is 4.99 Å². The third-order valence-corrected chi connectivity index (χ3v) is 7.62. The summed E-state index contributed by atoms with van der Waals surface area (Å²) in [6, 6.07) is 3.00. The van der Waals surface area contributed by atoms with Crippen LogP contribution >= 0.6 is 0 Å². The SMILES string of the molecule is N#CC1CCCC1NC(=NCC1CCS(=O)(=O)C1)NC1CCCCC1. The number of nitrogens with one attached hydrogen (secondary N) is 2. The molecule has 0 bridgehead atoms. The number of sulfone groups is 1. The van der Waals surface area contributed by atoms with Crippen LogP contribution in [-0.2, 0) is 9.84 Å². The van der Waals surface area contributed by atoms with E-state index in [1.807, 2.05) is 0 Å². The van der Waals surface area contributed by atoms with Crippen molar-refractivity contribution < 1.29 is 8.42 Å². The standard InChI is InChI=1S/C18H30N4O2S/c19-11-15-5-4-8-17(15)22-18(21-16-6-2-1-3-7-16)20-12-14-9-10-25(23,24)13-14/h14-17H,1-10,12-13H2,(H2,20,21,22). The summed E-state index contributed by atoms with van der Waals surface area (Å²) in [7, 11) is -2.86. The van der Waals surface area contributed by atoms with Crippen molar-refractivity contribution in [2.45, 2.75) is 69.9 Å². The number of aliphatic imine (C=N–C) groups is 1. The second-order valence-electron chi connectivity index (χ2n) is 7.85. The van der Waals surface area contributed by atoms with Crippen LogP contribution in [0.15, 0.2) is 4.99 Å². The minimum absolute atomic E-state index is 0.0465. The van der Waals surface area contributed by atoms with Gasteiger partial charge in [-0.1, -0.05) is 19.3 Å². The van der Waals surface area contributed by atoms with Gasteiger partial charge >= 0.3 is 0 Å². The highest BCUT2D eigenvalue weighted by Crippen LogP contribution is 2.25. The molecule has 1 saturated heterocycles. The zero-order chi connectivity index (χ0) is 17.7. The average Bonchev–Trinajstić information content (AvgIpc) is 3.19. The molecular weight excluding hydrogens is 336 g/mol. The molecule has 2 aliphatic carbocycles. The molecule has 140 valence electrons. The van der Waals surface area contributed by atoms with Crippen LogP contribution < -0.4 is 10.6 Å². The maximum absolute atomic E-state index is 11.6. The molecule has 3 rings (SSSR count). The van der Waals surface area contributed by atoms with Crippen molar-refractivity contribution in [2.75, 3.05) is 18.1 Å². The Morgan fingerprint density at radius 1 is 1.04 bits per heavy atom. The Morgan fingerprint density at radius 2 is 1.84 bits per heavy atom. The summed E-state index contributed by atoms with van der Waals surface area (Å²) in [6.45, 7) is 0.547. The van der Waals surface area contributed by atoms with Gasteiger partial charge in [0.1, 0.15) is 0 Å². The molecule has 3 aliphatic rings. The van der Waals surface area contributed by atoms with E-state index in [2.05, 4.69) is 16.7 Å². The lowest BCUT2D eigenvalue weighted by atomic mass is 9.95. The van der Waals surface area contributed by atoms with E-state index in [4.69, 9.17) is 4.99 Å². The molecule has 0 aromatic carbocycles. The van der Waals surface area contributed by atoms with Gasteiger partial charge in [0.05, 0.1) is 23.5 Å². The van der Waals surface area contributed by atoms with Crippen molar-refractivity contribution in [2.24, 2.45) is 16.8 Å². The lowest BCUT2D eigenvalue weighted by Gasteiger charge is -2.27. The van der Waals surface area contributed by atoms with E-state index in [1.54, 1.807) is 0 Å². The van der Waals surface area contributed by atoms with Crippen LogP contribution in [0, 0.1) is 23.2 Å². The van der Waals surface area contributed by atoms with Crippen LogP contribution in [0.3, 0.4) is 0 Å². The largest absolute Gasteiger partial charge is 0.354 e. The molecule has 1 heterocycles. The Labute approximate surface area is 151 Å². The molecule has 25 heavy (non-hydrogen) atoms. The Hall–Kier alpha value is -1.29. The van der Waals surface area contributed by atoms with Gasteiger partial charge < -0.3 is 10.6 Å². The first-order chi connectivity index (χ1) is 12.1. The predicted octanol–water partition coefficient (Wildman–Crippen LogP) is 1.98. The van der Waals surface area contributed by atoms with Gasteiger partial charge in [-0.2, -0.15) is 5.26 Å². The van der Waals surface area contributed by atoms with Crippen LogP contribution in [0.2, 0.25) is 0 Å². The molecule has 3 unspecified atom stereocenters. The van der Waals surface area contributed by atoms with Gasteiger partial charge in [0, 0.05) is 18.6 Å². The molecule has 0 amide bonds. The summed E-state index contributed by atoms with van der Waals surface area (Å²) in [4.78, 5) is 4.72. The van der Waals surface area contributed by atoms with Gasteiger partial charge in [0.2, 0.25) is 0 Å². The van der Waals surface area contributed by atoms with Crippen LogP contribution in [-0.4, -0.2) is 44.5 Å². The topological polar surface area (TPSA) is 94.3 Å². The fourth-order valence-corrected chi connectivity index (χ4v) is 6.12. The van der Waals surface area contributed by atoms with Crippen molar-refractivity contribution in [3.05, 3.63) is 0 Å². The minimum Gasteiger partial charge on any atom is -0.354 e. The van der Waals surface area contributed by atoms with Crippen LogP contribution in [0.1, 0.15) is 57.8 Å². The van der Waals surface area contributed by atoms with E-state index in [0.29, 0.717) is 24.8 Å². The fourth-order valence-electron chi connectivity index (χ4n) is 4.27. The molecule has 3 fully saturated rings. The Kier molecular flexibility index (Phi) is 6.21. The number of rotatable bonds is 4. The molecule has 0 spiro atoms. The normalized spacial score (nSPS) is 33.1. The van der Waals surface area contributed by atoms with Gasteiger partial charge in [-0.15, -0.1) is 0 Å². The lowest BCUT2D eigenvalue weighted by Crippen LogP contribution is -2.49. The second kappa shape index (κ2) is 8.39. The van der Waals surface area contributed by atoms with Crippen LogP contribution in [0.5, 0.6) is 0 Å². The van der Waals surface area contributed by atoms with Crippen molar-refractivity contribution in [1.29, 1.82) is 5.26 Å². The lowest BCUT2D eigenvalue weighted by molar-refractivity contribution is 0.405. The maximum atomic E-state index is 11.6. The van der Waals surface area contributed by atoms with Crippen molar-refractivity contribution in [1.82, 2.24) is 10.6 Å². The van der Waals surface area contributed by atoms with E-state index < -0.39 is 9.84 Å². The van der Waals surface area contributed by atoms with E-state index in [-0.39, 0.29) is 23.6 Å². The van der Waals surface area contributed by atoms with E-state index in [1.165, 1.54) is 19.3 Å². The van der Waals surface area contributed by atoms with E-state index >= 15 is 0 Å². The summed E-state index contributed by atoms with van der Waals surface area (Å²) in [5.41, 5.74) is 0.